The van der Waals surface area contributed by atoms with Crippen molar-refractivity contribution >= 4 is 19.4 Å². The number of hydrogen-bond acceptors (Lipinski definition) is 3. The van der Waals surface area contributed by atoms with E-state index in [1.54, 1.807) is 0 Å². The summed E-state index contributed by atoms with van der Waals surface area (Å²) in [7, 11) is -1.84. The number of nitro benzene ring substituents is 1. The summed E-state index contributed by atoms with van der Waals surface area (Å²) in [4.78, 5) is 9.81. The maximum atomic E-state index is 12.8. The maximum absolute atomic E-state index is 12.8. The molecule has 0 aromatic heterocycles. The van der Waals surface area contributed by atoms with Crippen molar-refractivity contribution in [3.05, 3.63) is 33.4 Å². The van der Waals surface area contributed by atoms with E-state index >= 15 is 0 Å². The second kappa shape index (κ2) is 5.17. The number of non-ortho nitro benzene ring substituents is 1. The van der Waals surface area contributed by atoms with Gasteiger partial charge in [0, 0.05) is 12.1 Å². The average Bonchev–Trinajstić information content (AvgIpc) is 2.24. The highest BCUT2D eigenvalue weighted by atomic mass is 28.3. The Bertz CT molecular complexity index is 610. The molecule has 0 aliphatic heterocycles. The van der Waals surface area contributed by atoms with Crippen molar-refractivity contribution in [3.63, 3.8) is 0 Å². The molecule has 0 atom stereocenters. The summed E-state index contributed by atoms with van der Waals surface area (Å²) in [6.07, 6.45) is -4.76. The van der Waals surface area contributed by atoms with Crippen LogP contribution in [0, 0.1) is 21.6 Å². The van der Waals surface area contributed by atoms with Crippen molar-refractivity contribution in [1.82, 2.24) is 0 Å². The second-order valence-electron chi connectivity index (χ2n) is 5.21. The van der Waals surface area contributed by atoms with Crippen LogP contribution in [0.5, 0.6) is 0 Å². The lowest BCUT2D eigenvalue weighted by molar-refractivity contribution is -0.385. The topological polar surface area (TPSA) is 69.2 Å². The van der Waals surface area contributed by atoms with Gasteiger partial charge in [0.1, 0.15) is 8.07 Å². The zero-order chi connectivity index (χ0) is 15.7. The maximum Gasteiger partial charge on any atom is 0.418 e. The van der Waals surface area contributed by atoms with Crippen molar-refractivity contribution < 1.29 is 18.1 Å². The predicted octanol–water partition coefficient (Wildman–Crippen LogP) is 3.42. The third-order valence-corrected chi connectivity index (χ3v) is 3.13. The van der Waals surface area contributed by atoms with E-state index in [-0.39, 0.29) is 5.56 Å². The molecule has 0 saturated carbocycles. The molecule has 1 rings (SSSR count). The first kappa shape index (κ1) is 16.0. The minimum absolute atomic E-state index is 0.158. The van der Waals surface area contributed by atoms with Crippen LogP contribution in [-0.4, -0.2) is 13.0 Å². The van der Waals surface area contributed by atoms with Crippen LogP contribution in [-0.2, 0) is 6.18 Å². The summed E-state index contributed by atoms with van der Waals surface area (Å²) >= 11 is 0. The van der Waals surface area contributed by atoms with Gasteiger partial charge in [-0.15, -0.1) is 5.54 Å². The summed E-state index contributed by atoms with van der Waals surface area (Å²) in [6.45, 7) is 5.70. The summed E-state index contributed by atoms with van der Waals surface area (Å²) < 4.78 is 38.4. The van der Waals surface area contributed by atoms with Crippen molar-refractivity contribution in [2.75, 3.05) is 5.73 Å². The quantitative estimate of drug-likeness (QED) is 0.284. The Labute approximate surface area is 114 Å². The Balaban J connectivity index is 3.55. The molecule has 0 fully saturated rings. The normalized spacial score (nSPS) is 11.7. The number of benzene rings is 1. The third-order valence-electron chi connectivity index (χ3n) is 2.25. The Hall–Kier alpha value is -2.01. The van der Waals surface area contributed by atoms with E-state index < -0.39 is 36.1 Å². The van der Waals surface area contributed by atoms with Gasteiger partial charge in [-0.1, -0.05) is 25.6 Å². The van der Waals surface area contributed by atoms with E-state index in [0.717, 1.165) is 6.07 Å². The Morgan fingerprint density at radius 2 is 1.85 bits per heavy atom. The van der Waals surface area contributed by atoms with Crippen molar-refractivity contribution in [2.45, 2.75) is 25.8 Å². The molecule has 1 aromatic rings. The molecule has 0 bridgehead atoms. The van der Waals surface area contributed by atoms with Crippen LogP contribution in [0.2, 0.25) is 19.6 Å². The molecule has 4 nitrogen and oxygen atoms in total. The molecule has 0 radical (unpaired) electrons. The third kappa shape index (κ3) is 3.99. The molecular weight excluding hydrogens is 289 g/mol. The van der Waals surface area contributed by atoms with Crippen LogP contribution in [0.15, 0.2) is 12.1 Å². The SMILES string of the molecule is C[Si](C)(C)C#Cc1cc([N+](=O)[O-])cc(C(F)(F)F)c1N. The fourth-order valence-corrected chi connectivity index (χ4v) is 1.85. The fraction of sp³-hybridized carbons (Fsp3) is 0.333. The number of hydrogen-bond donors (Lipinski definition) is 1. The molecule has 0 spiro atoms. The lowest BCUT2D eigenvalue weighted by Crippen LogP contribution is -2.16. The molecule has 8 heteroatoms. The van der Waals surface area contributed by atoms with E-state index in [4.69, 9.17) is 5.73 Å². The van der Waals surface area contributed by atoms with Gasteiger partial charge in [0.15, 0.2) is 0 Å². The number of nitrogen functional groups attached to an aromatic ring is 1. The van der Waals surface area contributed by atoms with E-state index in [0.29, 0.717) is 6.07 Å². The number of anilines is 1. The highest BCUT2D eigenvalue weighted by Crippen LogP contribution is 2.37. The van der Waals surface area contributed by atoms with Crippen molar-refractivity contribution in [3.8, 4) is 11.5 Å². The second-order valence-corrected chi connectivity index (χ2v) is 9.96. The molecule has 0 heterocycles. The lowest BCUT2D eigenvalue weighted by atomic mass is 10.1. The highest BCUT2D eigenvalue weighted by molar-refractivity contribution is 6.83. The first-order valence-electron chi connectivity index (χ1n) is 5.60. The molecule has 0 unspecified atom stereocenters. The van der Waals surface area contributed by atoms with Gasteiger partial charge in [0.2, 0.25) is 0 Å². The smallest absolute Gasteiger partial charge is 0.397 e. The largest absolute Gasteiger partial charge is 0.418 e. The summed E-state index contributed by atoms with van der Waals surface area (Å²) in [5, 5.41) is 10.7. The van der Waals surface area contributed by atoms with Crippen LogP contribution >= 0.6 is 0 Å². The molecule has 2 N–H and O–H groups in total. The van der Waals surface area contributed by atoms with Gasteiger partial charge in [0.05, 0.1) is 21.7 Å². The molecule has 20 heavy (non-hydrogen) atoms. The van der Waals surface area contributed by atoms with E-state index in [1.165, 1.54) is 0 Å². The van der Waals surface area contributed by atoms with Gasteiger partial charge in [-0.05, 0) is 0 Å². The monoisotopic (exact) mass is 302 g/mol. The fourth-order valence-electron chi connectivity index (χ4n) is 1.34. The lowest BCUT2D eigenvalue weighted by Gasteiger charge is -2.11. The standard InChI is InChI=1S/C12H13F3N2O2Si/c1-20(2,3)5-4-8-6-9(17(18)19)7-10(11(8)16)12(13,14)15/h6-7H,16H2,1-3H3. The summed E-state index contributed by atoms with van der Waals surface area (Å²) in [5.41, 5.74) is 5.64. The van der Waals surface area contributed by atoms with Gasteiger partial charge in [-0.2, -0.15) is 13.2 Å². The van der Waals surface area contributed by atoms with Crippen molar-refractivity contribution in [1.29, 1.82) is 0 Å². The molecular formula is C12H13F3N2O2Si. The molecule has 0 aliphatic carbocycles. The van der Waals surface area contributed by atoms with Gasteiger partial charge in [-0.3, -0.25) is 10.1 Å². The van der Waals surface area contributed by atoms with E-state index in [2.05, 4.69) is 11.5 Å². The van der Waals surface area contributed by atoms with Gasteiger partial charge >= 0.3 is 6.18 Å². The zero-order valence-electron chi connectivity index (χ0n) is 11.1. The zero-order valence-corrected chi connectivity index (χ0v) is 12.1. The number of nitrogens with zero attached hydrogens (tertiary/aromatic N) is 1. The Kier molecular flexibility index (Phi) is 4.14. The highest BCUT2D eigenvalue weighted by Gasteiger charge is 2.35. The van der Waals surface area contributed by atoms with E-state index in [9.17, 15) is 23.3 Å². The minimum Gasteiger partial charge on any atom is -0.397 e. The average molecular weight is 302 g/mol. The summed E-state index contributed by atoms with van der Waals surface area (Å²) in [6, 6.07) is 1.40. The van der Waals surface area contributed by atoms with Crippen LogP contribution < -0.4 is 5.73 Å². The molecule has 1 aromatic carbocycles. The number of nitrogens with two attached hydrogens (primary N) is 1. The van der Waals surface area contributed by atoms with Crippen LogP contribution in [0.4, 0.5) is 24.5 Å². The summed E-state index contributed by atoms with van der Waals surface area (Å²) in [5.74, 6) is 2.54. The van der Waals surface area contributed by atoms with Gasteiger partial charge in [-0.25, -0.2) is 0 Å². The van der Waals surface area contributed by atoms with Gasteiger partial charge in [0.25, 0.3) is 5.69 Å². The molecule has 0 aliphatic rings. The first-order chi connectivity index (χ1) is 8.92. The predicted molar refractivity (Wildman–Crippen MR) is 72.7 cm³/mol. The number of halogens is 3. The molecule has 0 amide bonds. The Morgan fingerprint density at radius 1 is 1.30 bits per heavy atom. The molecule has 108 valence electrons. The van der Waals surface area contributed by atoms with Crippen molar-refractivity contribution in [2.24, 2.45) is 0 Å². The Morgan fingerprint density at radius 3 is 2.25 bits per heavy atom. The first-order valence-corrected chi connectivity index (χ1v) is 9.10. The van der Waals surface area contributed by atoms with Crippen LogP contribution in [0.3, 0.4) is 0 Å². The number of alkyl halides is 3. The van der Waals surface area contributed by atoms with Crippen LogP contribution in [0.1, 0.15) is 11.1 Å². The number of nitro groups is 1. The molecule has 0 saturated heterocycles. The minimum atomic E-state index is -4.76. The van der Waals surface area contributed by atoms with Crippen LogP contribution in [0.25, 0.3) is 0 Å². The van der Waals surface area contributed by atoms with Gasteiger partial charge < -0.3 is 5.73 Å². The number of rotatable bonds is 1. The van der Waals surface area contributed by atoms with E-state index in [1.807, 2.05) is 19.6 Å².